The standard InChI is InChI=1S/C27H33F3N4O2/c1-19-22(18-23(28)26(30)25(19)29)27(36)33-12-8-21(9-13-33)34(20-6-4-3-5-7-20)24(35)10-11-32-16-14-31(2)15-17-32/h3-7,18,21H,8-17H2,1-2H3. The fraction of sp³-hybridized carbons (Fsp3) is 0.481. The van der Waals surface area contributed by atoms with Crippen molar-refractivity contribution >= 4 is 17.5 Å². The molecule has 0 N–H and O–H groups in total. The maximum absolute atomic E-state index is 14.0. The predicted molar refractivity (Wildman–Crippen MR) is 132 cm³/mol. The molecule has 2 amide bonds. The van der Waals surface area contributed by atoms with Crippen LogP contribution in [0.25, 0.3) is 0 Å². The van der Waals surface area contributed by atoms with Gasteiger partial charge in [0.25, 0.3) is 5.91 Å². The minimum atomic E-state index is -1.57. The number of halogens is 3. The van der Waals surface area contributed by atoms with Gasteiger partial charge in [0.15, 0.2) is 17.5 Å². The summed E-state index contributed by atoms with van der Waals surface area (Å²) in [4.78, 5) is 34.4. The summed E-state index contributed by atoms with van der Waals surface area (Å²) in [6.45, 7) is 6.51. The third kappa shape index (κ3) is 5.73. The van der Waals surface area contributed by atoms with Gasteiger partial charge in [-0.25, -0.2) is 13.2 Å². The molecule has 2 aliphatic rings. The van der Waals surface area contributed by atoms with Crippen LogP contribution in [0.4, 0.5) is 18.9 Å². The van der Waals surface area contributed by atoms with E-state index in [4.69, 9.17) is 0 Å². The minimum Gasteiger partial charge on any atom is -0.338 e. The van der Waals surface area contributed by atoms with Gasteiger partial charge in [0, 0.05) is 75.1 Å². The molecule has 2 aromatic rings. The number of piperazine rings is 1. The Morgan fingerprint density at radius 1 is 0.944 bits per heavy atom. The molecule has 2 saturated heterocycles. The number of hydrogen-bond donors (Lipinski definition) is 0. The van der Waals surface area contributed by atoms with E-state index in [9.17, 15) is 22.8 Å². The summed E-state index contributed by atoms with van der Waals surface area (Å²) in [7, 11) is 2.10. The topological polar surface area (TPSA) is 47.1 Å². The minimum absolute atomic E-state index is 0.0448. The van der Waals surface area contributed by atoms with E-state index in [0.29, 0.717) is 38.9 Å². The molecule has 194 valence electrons. The Labute approximate surface area is 210 Å². The zero-order valence-corrected chi connectivity index (χ0v) is 20.9. The van der Waals surface area contributed by atoms with Crippen LogP contribution in [0.1, 0.15) is 35.2 Å². The van der Waals surface area contributed by atoms with Gasteiger partial charge in [-0.15, -0.1) is 0 Å². The molecule has 4 rings (SSSR count). The number of benzene rings is 2. The van der Waals surface area contributed by atoms with E-state index in [2.05, 4.69) is 16.8 Å². The zero-order chi connectivity index (χ0) is 25.8. The molecule has 2 aromatic carbocycles. The molecule has 0 saturated carbocycles. The first-order valence-corrected chi connectivity index (χ1v) is 12.5. The molecule has 9 heteroatoms. The van der Waals surface area contributed by atoms with Gasteiger partial charge in [-0.2, -0.15) is 0 Å². The van der Waals surface area contributed by atoms with E-state index in [1.54, 1.807) is 0 Å². The van der Waals surface area contributed by atoms with E-state index in [1.807, 2.05) is 35.2 Å². The lowest BCUT2D eigenvalue weighted by Gasteiger charge is -2.39. The summed E-state index contributed by atoms with van der Waals surface area (Å²) in [5.41, 5.74) is 0.447. The average Bonchev–Trinajstić information content (AvgIpc) is 2.90. The molecule has 6 nitrogen and oxygen atoms in total. The van der Waals surface area contributed by atoms with Crippen LogP contribution < -0.4 is 4.90 Å². The molecular formula is C27H33F3N4O2. The lowest BCUT2D eigenvalue weighted by molar-refractivity contribution is -0.119. The van der Waals surface area contributed by atoms with Crippen LogP contribution >= 0.6 is 0 Å². The van der Waals surface area contributed by atoms with Gasteiger partial charge in [0.2, 0.25) is 5.91 Å². The molecular weight excluding hydrogens is 469 g/mol. The second-order valence-corrected chi connectivity index (χ2v) is 9.68. The quantitative estimate of drug-likeness (QED) is 0.566. The van der Waals surface area contributed by atoms with Crippen molar-refractivity contribution in [1.82, 2.24) is 14.7 Å². The third-order valence-electron chi connectivity index (χ3n) is 7.29. The van der Waals surface area contributed by atoms with Gasteiger partial charge in [-0.05, 0) is 45.0 Å². The number of para-hydroxylation sites is 1. The highest BCUT2D eigenvalue weighted by Crippen LogP contribution is 2.27. The number of amides is 2. The van der Waals surface area contributed by atoms with E-state index in [0.717, 1.165) is 37.9 Å². The van der Waals surface area contributed by atoms with Crippen molar-refractivity contribution < 1.29 is 22.8 Å². The van der Waals surface area contributed by atoms with E-state index >= 15 is 0 Å². The predicted octanol–water partition coefficient (Wildman–Crippen LogP) is 3.69. The summed E-state index contributed by atoms with van der Waals surface area (Å²) in [5.74, 6) is -4.77. The van der Waals surface area contributed by atoms with Crippen molar-refractivity contribution in [3.63, 3.8) is 0 Å². The lowest BCUT2D eigenvalue weighted by atomic mass is 9.99. The molecule has 0 aliphatic carbocycles. The van der Waals surface area contributed by atoms with Gasteiger partial charge in [-0.1, -0.05) is 18.2 Å². The van der Waals surface area contributed by atoms with E-state index < -0.39 is 23.4 Å². The number of carbonyl (C=O) groups is 2. The van der Waals surface area contributed by atoms with Crippen molar-refractivity contribution in [1.29, 1.82) is 0 Å². The fourth-order valence-corrected chi connectivity index (χ4v) is 5.00. The van der Waals surface area contributed by atoms with Gasteiger partial charge in [0.05, 0.1) is 0 Å². The first-order chi connectivity index (χ1) is 17.3. The number of rotatable bonds is 6. The molecule has 0 bridgehead atoms. The molecule has 0 atom stereocenters. The summed E-state index contributed by atoms with van der Waals surface area (Å²) >= 11 is 0. The highest BCUT2D eigenvalue weighted by molar-refractivity contribution is 5.96. The zero-order valence-electron chi connectivity index (χ0n) is 20.9. The van der Waals surface area contributed by atoms with Crippen LogP contribution in [-0.2, 0) is 4.79 Å². The number of likely N-dealkylation sites (tertiary alicyclic amines) is 1. The molecule has 2 fully saturated rings. The molecule has 0 radical (unpaired) electrons. The molecule has 2 heterocycles. The second-order valence-electron chi connectivity index (χ2n) is 9.68. The highest BCUT2D eigenvalue weighted by Gasteiger charge is 2.32. The summed E-state index contributed by atoms with van der Waals surface area (Å²) in [6.07, 6.45) is 1.48. The Morgan fingerprint density at radius 3 is 2.22 bits per heavy atom. The lowest BCUT2D eigenvalue weighted by Crippen LogP contribution is -2.50. The van der Waals surface area contributed by atoms with E-state index in [1.165, 1.54) is 11.8 Å². The van der Waals surface area contributed by atoms with Crippen LogP contribution in [0, 0.1) is 24.4 Å². The van der Waals surface area contributed by atoms with Crippen LogP contribution in [-0.4, -0.2) is 85.4 Å². The van der Waals surface area contributed by atoms with Crippen molar-refractivity contribution in [3.05, 3.63) is 65.0 Å². The Balaban J connectivity index is 1.43. The van der Waals surface area contributed by atoms with E-state index in [-0.39, 0.29) is 23.1 Å². The third-order valence-corrected chi connectivity index (χ3v) is 7.29. The summed E-state index contributed by atoms with van der Waals surface area (Å²) < 4.78 is 41.3. The Hall–Kier alpha value is -2.91. The SMILES string of the molecule is Cc1c(C(=O)N2CCC(N(C(=O)CCN3CCN(C)CC3)c3ccccc3)CC2)cc(F)c(F)c1F. The van der Waals surface area contributed by atoms with Crippen LogP contribution in [0.3, 0.4) is 0 Å². The second kappa shape index (κ2) is 11.4. The smallest absolute Gasteiger partial charge is 0.254 e. The number of nitrogens with zero attached hydrogens (tertiary/aromatic N) is 4. The average molecular weight is 503 g/mol. The largest absolute Gasteiger partial charge is 0.338 e. The van der Waals surface area contributed by atoms with Gasteiger partial charge < -0.3 is 19.6 Å². The first-order valence-electron chi connectivity index (χ1n) is 12.5. The van der Waals surface area contributed by atoms with Gasteiger partial charge in [0.1, 0.15) is 0 Å². The maximum atomic E-state index is 14.0. The highest BCUT2D eigenvalue weighted by atomic mass is 19.2. The van der Waals surface area contributed by atoms with Crippen molar-refractivity contribution in [2.45, 2.75) is 32.2 Å². The summed E-state index contributed by atoms with van der Waals surface area (Å²) in [5, 5.41) is 0. The fourth-order valence-electron chi connectivity index (χ4n) is 5.00. The Bertz CT molecular complexity index is 1080. The van der Waals surface area contributed by atoms with Crippen LogP contribution in [0.2, 0.25) is 0 Å². The molecule has 2 aliphatic heterocycles. The van der Waals surface area contributed by atoms with Gasteiger partial charge >= 0.3 is 0 Å². The normalized spacial score (nSPS) is 17.9. The molecule has 0 unspecified atom stereocenters. The molecule has 36 heavy (non-hydrogen) atoms. The van der Waals surface area contributed by atoms with Crippen LogP contribution in [0.15, 0.2) is 36.4 Å². The number of anilines is 1. The number of likely N-dealkylation sites (N-methyl/N-ethyl adjacent to an activating group) is 1. The Kier molecular flexibility index (Phi) is 8.31. The molecule has 0 spiro atoms. The number of piperidine rings is 1. The maximum Gasteiger partial charge on any atom is 0.254 e. The molecule has 0 aromatic heterocycles. The summed E-state index contributed by atoms with van der Waals surface area (Å²) in [6, 6.07) is 10.2. The number of hydrogen-bond acceptors (Lipinski definition) is 4. The van der Waals surface area contributed by atoms with Crippen LogP contribution in [0.5, 0.6) is 0 Å². The van der Waals surface area contributed by atoms with Gasteiger partial charge in [-0.3, -0.25) is 9.59 Å². The van der Waals surface area contributed by atoms with Crippen molar-refractivity contribution in [3.8, 4) is 0 Å². The number of carbonyl (C=O) groups excluding carboxylic acids is 2. The first kappa shape index (κ1) is 26.2. The Morgan fingerprint density at radius 2 is 1.58 bits per heavy atom. The monoisotopic (exact) mass is 502 g/mol. The van der Waals surface area contributed by atoms with Crippen molar-refractivity contribution in [2.75, 3.05) is 57.8 Å². The van der Waals surface area contributed by atoms with Crippen molar-refractivity contribution in [2.24, 2.45) is 0 Å².